The second kappa shape index (κ2) is 5.53. The van der Waals surface area contributed by atoms with Gasteiger partial charge in [-0.1, -0.05) is 17.7 Å². The highest BCUT2D eigenvalue weighted by molar-refractivity contribution is 6.59. The first-order chi connectivity index (χ1) is 8.16. The third kappa shape index (κ3) is 3.73. The van der Waals surface area contributed by atoms with Crippen molar-refractivity contribution < 1.29 is 19.5 Å². The van der Waals surface area contributed by atoms with Crippen LogP contribution in [-0.2, 0) is 4.74 Å². The number of hydrogen-bond acceptors (Lipinski definition) is 4. The fourth-order valence-electron chi connectivity index (χ4n) is 1.61. The molecule has 0 aliphatic heterocycles. The quantitative estimate of drug-likeness (QED) is 0.427. The molecule has 0 heterocycles. The molecule has 1 saturated carbocycles. The smallest absolute Gasteiger partial charge is 0.468 e. The van der Waals surface area contributed by atoms with E-state index >= 15 is 0 Å². The van der Waals surface area contributed by atoms with Crippen LogP contribution < -0.4 is 10.2 Å². The first-order valence-electron chi connectivity index (χ1n) is 5.84. The molecule has 17 heavy (non-hydrogen) atoms. The van der Waals surface area contributed by atoms with Crippen molar-refractivity contribution in [2.75, 3.05) is 13.4 Å². The number of benzene rings is 1. The highest BCUT2D eigenvalue weighted by Crippen LogP contribution is 2.28. The standard InChI is InChI=1S/C12H17BO4/c1-9-2-5-12(11(6-9)13(14)15)17-8-16-7-10-3-4-10/h2,5-6,10,14-15H,3-4,7-8H2,1H3. The fraction of sp³-hybridized carbons (Fsp3) is 0.500. The van der Waals surface area contributed by atoms with Crippen LogP contribution in [0.1, 0.15) is 18.4 Å². The Bertz CT molecular complexity index is 377. The number of rotatable bonds is 6. The van der Waals surface area contributed by atoms with E-state index in [1.54, 1.807) is 12.1 Å². The lowest BCUT2D eigenvalue weighted by atomic mass is 9.79. The van der Waals surface area contributed by atoms with Gasteiger partial charge in [0.15, 0.2) is 6.79 Å². The molecular formula is C12H17BO4. The van der Waals surface area contributed by atoms with Gasteiger partial charge in [-0.05, 0) is 31.7 Å². The van der Waals surface area contributed by atoms with Crippen molar-refractivity contribution in [3.63, 3.8) is 0 Å². The van der Waals surface area contributed by atoms with Crippen LogP contribution in [0.5, 0.6) is 5.75 Å². The van der Waals surface area contributed by atoms with Gasteiger partial charge in [0.05, 0.1) is 6.61 Å². The molecule has 1 aliphatic carbocycles. The second-order valence-electron chi connectivity index (χ2n) is 4.49. The minimum atomic E-state index is -1.52. The van der Waals surface area contributed by atoms with E-state index in [2.05, 4.69) is 0 Å². The molecule has 2 rings (SSSR count). The lowest BCUT2D eigenvalue weighted by molar-refractivity contribution is 0.0104. The third-order valence-corrected chi connectivity index (χ3v) is 2.79. The predicted molar refractivity (Wildman–Crippen MR) is 65.2 cm³/mol. The lowest BCUT2D eigenvalue weighted by Gasteiger charge is -2.12. The molecule has 0 unspecified atom stereocenters. The summed E-state index contributed by atoms with van der Waals surface area (Å²) in [6.07, 6.45) is 2.48. The Morgan fingerprint density at radius 1 is 1.35 bits per heavy atom. The van der Waals surface area contributed by atoms with Crippen LogP contribution in [0.4, 0.5) is 0 Å². The molecule has 0 radical (unpaired) electrons. The molecule has 0 spiro atoms. The highest BCUT2D eigenvalue weighted by Gasteiger charge is 2.21. The average molecular weight is 236 g/mol. The minimum Gasteiger partial charge on any atom is -0.468 e. The van der Waals surface area contributed by atoms with Gasteiger partial charge in [0.2, 0.25) is 0 Å². The van der Waals surface area contributed by atoms with Gasteiger partial charge in [-0.3, -0.25) is 0 Å². The van der Waals surface area contributed by atoms with Crippen molar-refractivity contribution >= 4 is 12.6 Å². The second-order valence-corrected chi connectivity index (χ2v) is 4.49. The van der Waals surface area contributed by atoms with Crippen molar-refractivity contribution in [1.82, 2.24) is 0 Å². The maximum atomic E-state index is 9.22. The van der Waals surface area contributed by atoms with Gasteiger partial charge >= 0.3 is 7.12 Å². The maximum absolute atomic E-state index is 9.22. The van der Waals surface area contributed by atoms with Crippen molar-refractivity contribution in [3.05, 3.63) is 23.8 Å². The van der Waals surface area contributed by atoms with Gasteiger partial charge in [0.1, 0.15) is 5.75 Å². The topological polar surface area (TPSA) is 58.9 Å². The first-order valence-corrected chi connectivity index (χ1v) is 5.84. The molecule has 0 atom stereocenters. The van der Waals surface area contributed by atoms with E-state index in [9.17, 15) is 10.0 Å². The maximum Gasteiger partial charge on any atom is 0.492 e. The molecule has 5 heteroatoms. The summed E-state index contributed by atoms with van der Waals surface area (Å²) in [5.41, 5.74) is 1.33. The molecule has 4 nitrogen and oxygen atoms in total. The molecule has 0 bridgehead atoms. The van der Waals surface area contributed by atoms with Crippen LogP contribution in [0.2, 0.25) is 0 Å². The molecule has 0 saturated heterocycles. The summed E-state index contributed by atoms with van der Waals surface area (Å²) < 4.78 is 10.7. The van der Waals surface area contributed by atoms with Crippen LogP contribution in [-0.4, -0.2) is 30.6 Å². The van der Waals surface area contributed by atoms with Crippen LogP contribution in [0.3, 0.4) is 0 Å². The molecular weight excluding hydrogens is 219 g/mol. The van der Waals surface area contributed by atoms with Crippen LogP contribution in [0.25, 0.3) is 0 Å². The fourth-order valence-corrected chi connectivity index (χ4v) is 1.61. The van der Waals surface area contributed by atoms with Crippen molar-refractivity contribution in [3.8, 4) is 5.75 Å². The summed E-state index contributed by atoms with van der Waals surface area (Å²) in [7, 11) is -1.52. The number of aryl methyl sites for hydroxylation is 1. The Kier molecular flexibility index (Phi) is 4.04. The van der Waals surface area contributed by atoms with E-state index in [1.807, 2.05) is 13.0 Å². The van der Waals surface area contributed by atoms with E-state index < -0.39 is 7.12 Å². The molecule has 0 amide bonds. The Morgan fingerprint density at radius 3 is 2.76 bits per heavy atom. The summed E-state index contributed by atoms with van der Waals surface area (Å²) in [5.74, 6) is 1.15. The van der Waals surface area contributed by atoms with E-state index in [0.29, 0.717) is 17.1 Å². The van der Waals surface area contributed by atoms with Crippen molar-refractivity contribution in [2.45, 2.75) is 19.8 Å². The Labute approximate surface area is 101 Å². The first kappa shape index (κ1) is 12.4. The summed E-state index contributed by atoms with van der Waals surface area (Å²) in [4.78, 5) is 0. The largest absolute Gasteiger partial charge is 0.492 e. The molecule has 1 fully saturated rings. The monoisotopic (exact) mass is 236 g/mol. The Balaban J connectivity index is 1.89. The Hall–Kier alpha value is -1.04. The zero-order valence-electron chi connectivity index (χ0n) is 9.93. The molecule has 2 N–H and O–H groups in total. The zero-order chi connectivity index (χ0) is 12.3. The molecule has 0 aromatic heterocycles. The van der Waals surface area contributed by atoms with E-state index in [1.165, 1.54) is 12.8 Å². The normalized spacial score (nSPS) is 14.8. The molecule has 1 aromatic carbocycles. The number of hydrogen-bond donors (Lipinski definition) is 2. The lowest BCUT2D eigenvalue weighted by Crippen LogP contribution is -2.32. The van der Waals surface area contributed by atoms with Gasteiger partial charge in [-0.15, -0.1) is 0 Å². The number of ether oxygens (including phenoxy) is 2. The van der Waals surface area contributed by atoms with Gasteiger partial charge < -0.3 is 19.5 Å². The van der Waals surface area contributed by atoms with Gasteiger partial charge in [0.25, 0.3) is 0 Å². The molecule has 1 aliphatic rings. The summed E-state index contributed by atoms with van der Waals surface area (Å²) in [6.45, 7) is 2.77. The SMILES string of the molecule is Cc1ccc(OCOCC2CC2)c(B(O)O)c1. The molecule has 1 aromatic rings. The van der Waals surface area contributed by atoms with E-state index in [-0.39, 0.29) is 6.79 Å². The van der Waals surface area contributed by atoms with Gasteiger partial charge in [-0.2, -0.15) is 0 Å². The summed E-state index contributed by atoms with van der Waals surface area (Å²) >= 11 is 0. The zero-order valence-corrected chi connectivity index (χ0v) is 9.93. The Morgan fingerprint density at radius 2 is 2.12 bits per heavy atom. The van der Waals surface area contributed by atoms with Crippen molar-refractivity contribution in [2.24, 2.45) is 5.92 Å². The van der Waals surface area contributed by atoms with Crippen molar-refractivity contribution in [1.29, 1.82) is 0 Å². The minimum absolute atomic E-state index is 0.152. The van der Waals surface area contributed by atoms with Gasteiger partial charge in [0, 0.05) is 5.46 Å². The average Bonchev–Trinajstić information content (AvgIpc) is 3.09. The highest BCUT2D eigenvalue weighted by atomic mass is 16.7. The van der Waals surface area contributed by atoms with E-state index in [4.69, 9.17) is 9.47 Å². The molecule has 92 valence electrons. The predicted octanol–water partition coefficient (Wildman–Crippen LogP) is 0.438. The third-order valence-electron chi connectivity index (χ3n) is 2.79. The summed E-state index contributed by atoms with van der Waals surface area (Å²) in [5, 5.41) is 18.4. The van der Waals surface area contributed by atoms with Crippen LogP contribution in [0.15, 0.2) is 18.2 Å². The van der Waals surface area contributed by atoms with Crippen LogP contribution in [0, 0.1) is 12.8 Å². The van der Waals surface area contributed by atoms with E-state index in [0.717, 1.165) is 12.2 Å². The summed E-state index contributed by atoms with van der Waals surface area (Å²) in [6, 6.07) is 5.29. The van der Waals surface area contributed by atoms with Gasteiger partial charge in [-0.25, -0.2) is 0 Å². The van der Waals surface area contributed by atoms with Crippen LogP contribution >= 0.6 is 0 Å².